The minimum Gasteiger partial charge on any atom is -0.462 e. The number of urea groups is 1. The van der Waals surface area contributed by atoms with Gasteiger partial charge in [0.2, 0.25) is 0 Å². The second-order valence-electron chi connectivity index (χ2n) is 4.89. The molecule has 1 fully saturated rings. The topological polar surface area (TPSA) is 79.6 Å². The van der Waals surface area contributed by atoms with Gasteiger partial charge in [-0.05, 0) is 43.3 Å². The molecule has 0 unspecified atom stereocenters. The lowest BCUT2D eigenvalue weighted by atomic mass is 10.1. The van der Waals surface area contributed by atoms with E-state index in [0.717, 1.165) is 4.90 Å². The average molecular weight is 375 g/mol. The number of barbiturate groups is 1. The zero-order valence-electron chi connectivity index (χ0n) is 12.0. The summed E-state index contributed by atoms with van der Waals surface area (Å²) in [6, 6.07) is 9.25. The monoisotopic (exact) mass is 374 g/mol. The number of imide groups is 2. The summed E-state index contributed by atoms with van der Waals surface area (Å²) in [4.78, 5) is 37.5. The van der Waals surface area contributed by atoms with Crippen LogP contribution in [0.25, 0.3) is 6.08 Å². The van der Waals surface area contributed by atoms with Crippen LogP contribution >= 0.6 is 15.9 Å². The summed E-state index contributed by atoms with van der Waals surface area (Å²) >= 11 is 3.29. The lowest BCUT2D eigenvalue weighted by molar-refractivity contribution is -0.122. The fourth-order valence-corrected chi connectivity index (χ4v) is 2.57. The molecule has 2 aromatic rings. The Morgan fingerprint density at radius 2 is 1.96 bits per heavy atom. The van der Waals surface area contributed by atoms with E-state index in [1.54, 1.807) is 43.3 Å². The van der Waals surface area contributed by atoms with Crippen LogP contribution in [-0.2, 0) is 9.59 Å². The van der Waals surface area contributed by atoms with E-state index in [9.17, 15) is 14.4 Å². The first-order valence-electron chi connectivity index (χ1n) is 6.69. The van der Waals surface area contributed by atoms with Crippen molar-refractivity contribution in [2.24, 2.45) is 0 Å². The van der Waals surface area contributed by atoms with Crippen molar-refractivity contribution in [1.82, 2.24) is 5.32 Å². The van der Waals surface area contributed by atoms with E-state index >= 15 is 0 Å². The van der Waals surface area contributed by atoms with Crippen LogP contribution in [-0.4, -0.2) is 17.8 Å². The van der Waals surface area contributed by atoms with Crippen LogP contribution in [0.4, 0.5) is 10.5 Å². The molecule has 2 heterocycles. The van der Waals surface area contributed by atoms with E-state index in [4.69, 9.17) is 4.42 Å². The summed E-state index contributed by atoms with van der Waals surface area (Å²) in [7, 11) is 0. The summed E-state index contributed by atoms with van der Waals surface area (Å²) in [5, 5.41) is 2.16. The van der Waals surface area contributed by atoms with Crippen molar-refractivity contribution in [3.63, 3.8) is 0 Å². The number of furan rings is 1. The van der Waals surface area contributed by atoms with Crippen LogP contribution in [0.3, 0.4) is 0 Å². The predicted molar refractivity (Wildman–Crippen MR) is 86.6 cm³/mol. The van der Waals surface area contributed by atoms with Crippen LogP contribution in [0.15, 0.2) is 50.9 Å². The van der Waals surface area contributed by atoms with Crippen molar-refractivity contribution in [3.8, 4) is 0 Å². The SMILES string of the molecule is Cc1ccc(C=C2C(=O)NC(=O)N(c3cccc(Br)c3)C2=O)o1. The fourth-order valence-electron chi connectivity index (χ4n) is 2.18. The molecular formula is C16H11BrN2O4. The molecule has 6 nitrogen and oxygen atoms in total. The van der Waals surface area contributed by atoms with E-state index in [2.05, 4.69) is 21.2 Å². The molecule has 1 aliphatic rings. The summed E-state index contributed by atoms with van der Waals surface area (Å²) in [6.45, 7) is 1.75. The maximum atomic E-state index is 12.6. The maximum Gasteiger partial charge on any atom is 0.335 e. The standard InChI is InChI=1S/C16H11BrN2O4/c1-9-5-6-12(23-9)8-13-14(20)18-16(22)19(15(13)21)11-4-2-3-10(17)7-11/h2-8H,1H3,(H,18,20,22). The number of hydrogen-bond acceptors (Lipinski definition) is 4. The first-order valence-corrected chi connectivity index (χ1v) is 7.48. The van der Waals surface area contributed by atoms with Crippen molar-refractivity contribution < 1.29 is 18.8 Å². The average Bonchev–Trinajstić information content (AvgIpc) is 2.89. The molecule has 23 heavy (non-hydrogen) atoms. The lowest BCUT2D eigenvalue weighted by Crippen LogP contribution is -2.54. The molecule has 4 amide bonds. The molecule has 0 saturated carbocycles. The minimum atomic E-state index is -0.786. The quantitative estimate of drug-likeness (QED) is 0.647. The molecule has 0 aliphatic carbocycles. The summed E-state index contributed by atoms with van der Waals surface area (Å²) < 4.78 is 6.06. The third-order valence-corrected chi connectivity index (χ3v) is 3.71. The lowest BCUT2D eigenvalue weighted by Gasteiger charge is -2.26. The number of carbonyl (C=O) groups is 3. The number of benzene rings is 1. The highest BCUT2D eigenvalue weighted by Crippen LogP contribution is 2.24. The van der Waals surface area contributed by atoms with Crippen LogP contribution in [0, 0.1) is 6.92 Å². The summed E-state index contributed by atoms with van der Waals surface area (Å²) in [6.07, 6.45) is 1.32. The largest absolute Gasteiger partial charge is 0.462 e. The molecule has 1 saturated heterocycles. The molecule has 0 atom stereocenters. The molecule has 7 heteroatoms. The highest BCUT2D eigenvalue weighted by Gasteiger charge is 2.37. The number of hydrogen-bond donors (Lipinski definition) is 1. The number of halogens is 1. The normalized spacial score (nSPS) is 16.9. The van der Waals surface area contributed by atoms with Crippen molar-refractivity contribution in [3.05, 3.63) is 58.0 Å². The minimum absolute atomic E-state index is 0.168. The van der Waals surface area contributed by atoms with Gasteiger partial charge in [0, 0.05) is 4.47 Å². The van der Waals surface area contributed by atoms with E-state index < -0.39 is 17.8 Å². The molecule has 1 N–H and O–H groups in total. The number of amides is 4. The van der Waals surface area contributed by atoms with Gasteiger partial charge in [-0.2, -0.15) is 0 Å². The van der Waals surface area contributed by atoms with Gasteiger partial charge in [0.25, 0.3) is 11.8 Å². The van der Waals surface area contributed by atoms with Crippen LogP contribution in [0.1, 0.15) is 11.5 Å². The van der Waals surface area contributed by atoms with Gasteiger partial charge in [-0.15, -0.1) is 0 Å². The highest BCUT2D eigenvalue weighted by atomic mass is 79.9. The Morgan fingerprint density at radius 3 is 2.61 bits per heavy atom. The van der Waals surface area contributed by atoms with Gasteiger partial charge in [-0.3, -0.25) is 14.9 Å². The zero-order chi connectivity index (χ0) is 16.6. The van der Waals surface area contributed by atoms with Gasteiger partial charge >= 0.3 is 6.03 Å². The first kappa shape index (κ1) is 15.2. The van der Waals surface area contributed by atoms with Crippen LogP contribution in [0.5, 0.6) is 0 Å². The molecule has 116 valence electrons. The Labute approximate surface area is 139 Å². The van der Waals surface area contributed by atoms with Crippen molar-refractivity contribution >= 4 is 45.5 Å². The number of carbonyl (C=O) groups excluding carboxylic acids is 3. The van der Waals surface area contributed by atoms with E-state index in [0.29, 0.717) is 21.7 Å². The molecule has 1 aromatic carbocycles. The second-order valence-corrected chi connectivity index (χ2v) is 5.80. The fraction of sp³-hybridized carbons (Fsp3) is 0.0625. The number of anilines is 1. The molecule has 1 aromatic heterocycles. The number of rotatable bonds is 2. The highest BCUT2D eigenvalue weighted by molar-refractivity contribution is 9.10. The molecular weight excluding hydrogens is 364 g/mol. The third-order valence-electron chi connectivity index (χ3n) is 3.22. The van der Waals surface area contributed by atoms with Crippen molar-refractivity contribution in [2.75, 3.05) is 4.90 Å². The van der Waals surface area contributed by atoms with Gasteiger partial charge < -0.3 is 4.42 Å². The number of nitrogens with zero attached hydrogens (tertiary/aromatic N) is 1. The zero-order valence-corrected chi connectivity index (χ0v) is 13.6. The Balaban J connectivity index is 2.02. The van der Waals surface area contributed by atoms with Gasteiger partial charge in [-0.1, -0.05) is 22.0 Å². The van der Waals surface area contributed by atoms with Crippen LogP contribution < -0.4 is 10.2 Å². The predicted octanol–water partition coefficient (Wildman–Crippen LogP) is 3.02. The number of nitrogens with one attached hydrogen (secondary N) is 1. The molecule has 1 aliphatic heterocycles. The smallest absolute Gasteiger partial charge is 0.335 e. The molecule has 0 bridgehead atoms. The van der Waals surface area contributed by atoms with Gasteiger partial charge in [-0.25, -0.2) is 9.69 Å². The Bertz CT molecular complexity index is 853. The van der Waals surface area contributed by atoms with Gasteiger partial charge in [0.1, 0.15) is 17.1 Å². The van der Waals surface area contributed by atoms with Crippen molar-refractivity contribution in [1.29, 1.82) is 0 Å². The summed E-state index contributed by atoms with van der Waals surface area (Å²) in [5.41, 5.74) is 0.190. The number of aryl methyl sites for hydroxylation is 1. The van der Waals surface area contributed by atoms with E-state index in [-0.39, 0.29) is 5.57 Å². The molecule has 0 spiro atoms. The van der Waals surface area contributed by atoms with Gasteiger partial charge in [0.05, 0.1) is 5.69 Å². The third kappa shape index (κ3) is 2.95. The van der Waals surface area contributed by atoms with E-state index in [1.165, 1.54) is 6.08 Å². The Kier molecular flexibility index (Phi) is 3.87. The maximum absolute atomic E-state index is 12.6. The Morgan fingerprint density at radius 1 is 1.17 bits per heavy atom. The summed E-state index contributed by atoms with van der Waals surface area (Å²) in [5.74, 6) is -0.434. The molecule has 0 radical (unpaired) electrons. The van der Waals surface area contributed by atoms with Crippen LogP contribution in [0.2, 0.25) is 0 Å². The second kappa shape index (κ2) is 5.85. The van der Waals surface area contributed by atoms with E-state index in [1.807, 2.05) is 0 Å². The Hall–Kier alpha value is -2.67. The molecule has 3 rings (SSSR count). The first-order chi connectivity index (χ1) is 11.0. The van der Waals surface area contributed by atoms with Gasteiger partial charge in [0.15, 0.2) is 0 Å². The van der Waals surface area contributed by atoms with Crippen molar-refractivity contribution in [2.45, 2.75) is 6.92 Å².